The maximum atomic E-state index is 12.2. The predicted octanol–water partition coefficient (Wildman–Crippen LogP) is 1.42. The number of rotatable bonds is 2. The normalized spacial score (nSPS) is 10.8. The summed E-state index contributed by atoms with van der Waals surface area (Å²) < 4.78 is 24.5. The molecule has 0 amide bonds. The van der Waals surface area contributed by atoms with Crippen molar-refractivity contribution in [1.29, 1.82) is 0 Å². The number of hydrogen-bond acceptors (Lipinski definition) is 2. The summed E-state index contributed by atoms with van der Waals surface area (Å²) in [5.74, 6) is 0. The number of aromatic amines is 1. The van der Waals surface area contributed by atoms with Crippen LogP contribution in [0, 0.1) is 0 Å². The first-order valence-corrected chi connectivity index (χ1v) is 3.84. The summed E-state index contributed by atoms with van der Waals surface area (Å²) in [6.07, 6.45) is -2.80. The van der Waals surface area contributed by atoms with E-state index in [4.69, 9.17) is 17.3 Å². The fourth-order valence-corrected chi connectivity index (χ4v) is 1.06. The monoisotopic (exact) mass is 208 g/mol. The van der Waals surface area contributed by atoms with E-state index in [0.29, 0.717) is 0 Å². The van der Waals surface area contributed by atoms with E-state index in [0.717, 1.165) is 6.07 Å². The Kier molecular flexibility index (Phi) is 3.00. The topological polar surface area (TPSA) is 58.9 Å². The molecule has 0 saturated heterocycles. The second-order valence-corrected chi connectivity index (χ2v) is 2.77. The van der Waals surface area contributed by atoms with Crippen LogP contribution in [-0.4, -0.2) is 4.98 Å². The highest BCUT2D eigenvalue weighted by molar-refractivity contribution is 6.31. The van der Waals surface area contributed by atoms with Crippen LogP contribution < -0.4 is 11.2 Å². The van der Waals surface area contributed by atoms with Gasteiger partial charge in [0.25, 0.3) is 6.43 Å². The smallest absolute Gasteiger partial charge is 0.279 e. The van der Waals surface area contributed by atoms with Gasteiger partial charge in [-0.05, 0) is 0 Å². The Labute approximate surface area is 77.5 Å². The molecule has 0 aliphatic rings. The standard InChI is InChI=1S/C7H7ClF2N2O/c8-5-4(13)1-3(2-11)12-6(5)7(9)10/h1,7H,2,11H2,(H,12,13). The number of hydrogen-bond donors (Lipinski definition) is 2. The van der Waals surface area contributed by atoms with Crippen molar-refractivity contribution >= 4 is 11.6 Å². The van der Waals surface area contributed by atoms with Gasteiger partial charge in [-0.2, -0.15) is 0 Å². The van der Waals surface area contributed by atoms with Crippen molar-refractivity contribution in [3.05, 3.63) is 32.7 Å². The minimum Gasteiger partial charge on any atom is -0.355 e. The number of aromatic nitrogens is 1. The molecular formula is C7H7ClF2N2O. The predicted molar refractivity (Wildman–Crippen MR) is 44.9 cm³/mol. The molecule has 0 aliphatic heterocycles. The van der Waals surface area contributed by atoms with Crippen LogP contribution in [0.3, 0.4) is 0 Å². The molecule has 0 spiro atoms. The van der Waals surface area contributed by atoms with Gasteiger partial charge in [0.05, 0.1) is 0 Å². The van der Waals surface area contributed by atoms with Crippen LogP contribution in [0.5, 0.6) is 0 Å². The fraction of sp³-hybridized carbons (Fsp3) is 0.286. The summed E-state index contributed by atoms with van der Waals surface area (Å²) in [6.45, 7) is -0.00781. The molecule has 0 saturated carbocycles. The fourth-order valence-electron chi connectivity index (χ4n) is 0.879. The minimum absolute atomic E-state index is 0.00781. The summed E-state index contributed by atoms with van der Waals surface area (Å²) >= 11 is 5.35. The van der Waals surface area contributed by atoms with Gasteiger partial charge in [-0.3, -0.25) is 4.79 Å². The molecule has 0 bridgehead atoms. The molecule has 0 aliphatic carbocycles. The molecule has 6 heteroatoms. The number of H-pyrrole nitrogens is 1. The van der Waals surface area contributed by atoms with Crippen molar-refractivity contribution in [1.82, 2.24) is 4.98 Å². The summed E-state index contributed by atoms with van der Waals surface area (Å²) in [6, 6.07) is 1.11. The van der Waals surface area contributed by atoms with Crippen LogP contribution in [0.1, 0.15) is 17.8 Å². The summed E-state index contributed by atoms with van der Waals surface area (Å²) in [5.41, 5.74) is 4.20. The van der Waals surface area contributed by atoms with Crippen molar-refractivity contribution in [2.75, 3.05) is 0 Å². The molecule has 0 atom stereocenters. The van der Waals surface area contributed by atoms with E-state index < -0.39 is 22.6 Å². The van der Waals surface area contributed by atoms with Crippen molar-refractivity contribution in [2.24, 2.45) is 5.73 Å². The second kappa shape index (κ2) is 3.85. The summed E-state index contributed by atoms with van der Waals surface area (Å²) in [4.78, 5) is 13.3. The van der Waals surface area contributed by atoms with Crippen LogP contribution >= 0.6 is 11.6 Å². The molecule has 1 aromatic heterocycles. The van der Waals surface area contributed by atoms with Gasteiger partial charge in [0.1, 0.15) is 10.7 Å². The highest BCUT2D eigenvalue weighted by Gasteiger charge is 2.15. The zero-order valence-electron chi connectivity index (χ0n) is 6.48. The largest absolute Gasteiger partial charge is 0.355 e. The molecular weight excluding hydrogens is 202 g/mol. The maximum absolute atomic E-state index is 12.2. The number of pyridine rings is 1. The molecule has 0 radical (unpaired) electrons. The minimum atomic E-state index is -2.80. The van der Waals surface area contributed by atoms with Gasteiger partial charge < -0.3 is 10.7 Å². The number of nitrogens with one attached hydrogen (secondary N) is 1. The van der Waals surface area contributed by atoms with Gasteiger partial charge in [-0.25, -0.2) is 8.78 Å². The van der Waals surface area contributed by atoms with Crippen LogP contribution in [0.2, 0.25) is 5.02 Å². The molecule has 0 aromatic carbocycles. The van der Waals surface area contributed by atoms with E-state index in [1.807, 2.05) is 0 Å². The highest BCUT2D eigenvalue weighted by atomic mass is 35.5. The molecule has 1 rings (SSSR count). The van der Waals surface area contributed by atoms with Gasteiger partial charge in [0.15, 0.2) is 0 Å². The maximum Gasteiger partial charge on any atom is 0.279 e. The quantitative estimate of drug-likeness (QED) is 0.772. The SMILES string of the molecule is NCc1cc(=O)c(Cl)c(C(F)F)[nH]1. The van der Waals surface area contributed by atoms with E-state index in [1.54, 1.807) is 0 Å². The van der Waals surface area contributed by atoms with Crippen molar-refractivity contribution in [2.45, 2.75) is 13.0 Å². The van der Waals surface area contributed by atoms with Crippen LogP contribution in [0.25, 0.3) is 0 Å². The average molecular weight is 209 g/mol. The Bertz CT molecular complexity index is 364. The van der Waals surface area contributed by atoms with E-state index in [2.05, 4.69) is 4.98 Å². The van der Waals surface area contributed by atoms with Gasteiger partial charge in [0.2, 0.25) is 5.43 Å². The molecule has 13 heavy (non-hydrogen) atoms. The Hall–Kier alpha value is -0.940. The molecule has 1 heterocycles. The molecule has 72 valence electrons. The summed E-state index contributed by atoms with van der Waals surface area (Å²) in [7, 11) is 0. The molecule has 3 N–H and O–H groups in total. The number of halogens is 3. The van der Waals surface area contributed by atoms with Gasteiger partial charge in [-0.1, -0.05) is 11.6 Å². The van der Waals surface area contributed by atoms with E-state index >= 15 is 0 Å². The first kappa shape index (κ1) is 10.1. The third-order valence-electron chi connectivity index (χ3n) is 1.49. The van der Waals surface area contributed by atoms with Crippen LogP contribution in [0.15, 0.2) is 10.9 Å². The third kappa shape index (κ3) is 2.05. The van der Waals surface area contributed by atoms with Crippen molar-refractivity contribution < 1.29 is 8.78 Å². The van der Waals surface area contributed by atoms with E-state index in [9.17, 15) is 13.6 Å². The Morgan fingerprint density at radius 2 is 2.23 bits per heavy atom. The lowest BCUT2D eigenvalue weighted by molar-refractivity contribution is 0.146. The highest BCUT2D eigenvalue weighted by Crippen LogP contribution is 2.21. The van der Waals surface area contributed by atoms with Crippen LogP contribution in [-0.2, 0) is 6.54 Å². The zero-order valence-corrected chi connectivity index (χ0v) is 7.24. The average Bonchev–Trinajstić information content (AvgIpc) is 2.09. The Balaban J connectivity index is 3.33. The third-order valence-corrected chi connectivity index (χ3v) is 1.88. The Morgan fingerprint density at radius 1 is 1.62 bits per heavy atom. The molecule has 1 aromatic rings. The number of alkyl halides is 2. The second-order valence-electron chi connectivity index (χ2n) is 2.39. The van der Waals surface area contributed by atoms with Gasteiger partial charge >= 0.3 is 0 Å². The molecule has 0 unspecified atom stereocenters. The first-order valence-electron chi connectivity index (χ1n) is 3.46. The first-order chi connectivity index (χ1) is 6.06. The lowest BCUT2D eigenvalue weighted by Crippen LogP contribution is -2.12. The summed E-state index contributed by atoms with van der Waals surface area (Å²) in [5, 5.41) is -0.479. The van der Waals surface area contributed by atoms with E-state index in [1.165, 1.54) is 0 Å². The van der Waals surface area contributed by atoms with Gasteiger partial charge in [-0.15, -0.1) is 0 Å². The van der Waals surface area contributed by atoms with E-state index in [-0.39, 0.29) is 12.2 Å². The van der Waals surface area contributed by atoms with Crippen molar-refractivity contribution in [3.63, 3.8) is 0 Å². The zero-order chi connectivity index (χ0) is 10.0. The van der Waals surface area contributed by atoms with Crippen molar-refractivity contribution in [3.8, 4) is 0 Å². The van der Waals surface area contributed by atoms with Crippen LogP contribution in [0.4, 0.5) is 8.78 Å². The lowest BCUT2D eigenvalue weighted by atomic mass is 10.3. The lowest BCUT2D eigenvalue weighted by Gasteiger charge is -2.04. The molecule has 0 fully saturated rings. The van der Waals surface area contributed by atoms with Gasteiger partial charge in [0, 0.05) is 18.3 Å². The number of nitrogens with two attached hydrogens (primary N) is 1. The molecule has 3 nitrogen and oxygen atoms in total. The Morgan fingerprint density at radius 3 is 2.69 bits per heavy atom.